The third kappa shape index (κ3) is 3.48. The lowest BCUT2D eigenvalue weighted by Gasteiger charge is -2.14. The van der Waals surface area contributed by atoms with Gasteiger partial charge >= 0.3 is 0 Å². The lowest BCUT2D eigenvalue weighted by atomic mass is 10.2. The zero-order valence-electron chi connectivity index (χ0n) is 13.4. The summed E-state index contributed by atoms with van der Waals surface area (Å²) in [7, 11) is 3.64. The molecular formula is C17H18N4OS. The van der Waals surface area contributed by atoms with Crippen LogP contribution >= 0.6 is 11.3 Å². The first-order valence-corrected chi connectivity index (χ1v) is 8.16. The van der Waals surface area contributed by atoms with Crippen molar-refractivity contribution < 1.29 is 4.79 Å². The minimum Gasteiger partial charge on any atom is -0.336 e. The van der Waals surface area contributed by atoms with Gasteiger partial charge in [0.15, 0.2) is 0 Å². The Morgan fingerprint density at radius 1 is 1.30 bits per heavy atom. The van der Waals surface area contributed by atoms with E-state index >= 15 is 0 Å². The Kier molecular flexibility index (Phi) is 4.25. The topological polar surface area (TPSA) is 51.0 Å². The van der Waals surface area contributed by atoms with Gasteiger partial charge in [0.2, 0.25) is 0 Å². The summed E-state index contributed by atoms with van der Waals surface area (Å²) < 4.78 is 1.73. The van der Waals surface area contributed by atoms with Crippen LogP contribution in [0, 0.1) is 6.92 Å². The van der Waals surface area contributed by atoms with Gasteiger partial charge in [-0.2, -0.15) is 5.10 Å². The van der Waals surface area contributed by atoms with Crippen LogP contribution in [-0.2, 0) is 13.6 Å². The van der Waals surface area contributed by atoms with Gasteiger partial charge in [-0.15, -0.1) is 11.3 Å². The average molecular weight is 326 g/mol. The van der Waals surface area contributed by atoms with Crippen molar-refractivity contribution in [3.05, 3.63) is 58.9 Å². The Balaban J connectivity index is 1.74. The van der Waals surface area contributed by atoms with Crippen LogP contribution in [0.2, 0.25) is 0 Å². The SMILES string of the molecule is Cc1ccc(-c2nc(C(=O)N(C)Cc3cnn(C)c3)cs2)cc1. The molecule has 1 aromatic carbocycles. The maximum atomic E-state index is 12.5. The molecule has 3 rings (SSSR count). The molecule has 0 N–H and O–H groups in total. The molecule has 1 amide bonds. The number of rotatable bonds is 4. The number of nitrogens with zero attached hydrogens (tertiary/aromatic N) is 4. The summed E-state index contributed by atoms with van der Waals surface area (Å²) in [5.74, 6) is -0.0801. The van der Waals surface area contributed by atoms with Crippen molar-refractivity contribution in [1.82, 2.24) is 19.7 Å². The highest BCUT2D eigenvalue weighted by atomic mass is 32.1. The quantitative estimate of drug-likeness (QED) is 0.740. The van der Waals surface area contributed by atoms with Crippen molar-refractivity contribution in [3.63, 3.8) is 0 Å². The lowest BCUT2D eigenvalue weighted by Crippen LogP contribution is -2.26. The van der Waals surface area contributed by atoms with Crippen molar-refractivity contribution in [3.8, 4) is 10.6 Å². The van der Waals surface area contributed by atoms with Crippen LogP contribution in [0.5, 0.6) is 0 Å². The molecule has 0 aliphatic heterocycles. The van der Waals surface area contributed by atoms with Gasteiger partial charge in [-0.25, -0.2) is 4.98 Å². The van der Waals surface area contributed by atoms with Gasteiger partial charge in [0.05, 0.1) is 6.20 Å². The second-order valence-corrected chi connectivity index (χ2v) is 6.45. The van der Waals surface area contributed by atoms with Crippen LogP contribution in [0.1, 0.15) is 21.6 Å². The zero-order chi connectivity index (χ0) is 16.4. The van der Waals surface area contributed by atoms with E-state index in [1.165, 1.54) is 16.9 Å². The fraction of sp³-hybridized carbons (Fsp3) is 0.235. The van der Waals surface area contributed by atoms with E-state index in [1.807, 2.05) is 49.8 Å². The van der Waals surface area contributed by atoms with Crippen LogP contribution in [0.4, 0.5) is 0 Å². The molecule has 118 valence electrons. The van der Waals surface area contributed by atoms with Crippen LogP contribution in [0.3, 0.4) is 0 Å². The lowest BCUT2D eigenvalue weighted by molar-refractivity contribution is 0.0780. The number of thiazole rings is 1. The molecule has 0 unspecified atom stereocenters. The Morgan fingerprint density at radius 2 is 2.04 bits per heavy atom. The molecule has 5 nitrogen and oxygen atoms in total. The largest absolute Gasteiger partial charge is 0.336 e. The van der Waals surface area contributed by atoms with Crippen LogP contribution in [0.15, 0.2) is 42.0 Å². The standard InChI is InChI=1S/C17H18N4OS/c1-12-4-6-14(7-5-12)16-19-15(11-23-16)17(22)20(2)9-13-8-18-21(3)10-13/h4-8,10-11H,9H2,1-3H3. The second-order valence-electron chi connectivity index (χ2n) is 5.59. The Hall–Kier alpha value is -2.47. The van der Waals surface area contributed by atoms with E-state index in [2.05, 4.69) is 10.1 Å². The van der Waals surface area contributed by atoms with Crippen molar-refractivity contribution in [2.24, 2.45) is 7.05 Å². The molecule has 0 fully saturated rings. The third-order valence-electron chi connectivity index (χ3n) is 3.55. The van der Waals surface area contributed by atoms with E-state index in [1.54, 1.807) is 22.8 Å². The van der Waals surface area contributed by atoms with Gasteiger partial charge in [-0.1, -0.05) is 29.8 Å². The molecule has 2 heterocycles. The highest BCUT2D eigenvalue weighted by molar-refractivity contribution is 7.13. The minimum atomic E-state index is -0.0801. The number of hydrogen-bond donors (Lipinski definition) is 0. The van der Waals surface area contributed by atoms with Gasteiger partial charge < -0.3 is 4.90 Å². The molecule has 6 heteroatoms. The van der Waals surface area contributed by atoms with E-state index in [4.69, 9.17) is 0 Å². The second kappa shape index (κ2) is 6.34. The van der Waals surface area contributed by atoms with Crippen molar-refractivity contribution in [2.45, 2.75) is 13.5 Å². The Labute approximate surface area is 139 Å². The average Bonchev–Trinajstić information content (AvgIpc) is 3.16. The molecule has 0 saturated carbocycles. The predicted molar refractivity (Wildman–Crippen MR) is 91.3 cm³/mol. The molecule has 0 radical (unpaired) electrons. The molecule has 0 atom stereocenters. The van der Waals surface area contributed by atoms with Crippen LogP contribution < -0.4 is 0 Å². The Morgan fingerprint density at radius 3 is 2.70 bits per heavy atom. The number of carbonyl (C=O) groups is 1. The summed E-state index contributed by atoms with van der Waals surface area (Å²) in [4.78, 5) is 18.6. The maximum absolute atomic E-state index is 12.5. The number of aryl methyl sites for hydroxylation is 2. The van der Waals surface area contributed by atoms with E-state index in [9.17, 15) is 4.79 Å². The molecule has 3 aromatic rings. The summed E-state index contributed by atoms with van der Waals surface area (Å²) in [5.41, 5.74) is 3.72. The predicted octanol–water partition coefficient (Wildman–Crippen LogP) is 3.12. The molecular weight excluding hydrogens is 308 g/mol. The van der Waals surface area contributed by atoms with E-state index in [0.29, 0.717) is 12.2 Å². The fourth-order valence-corrected chi connectivity index (χ4v) is 3.10. The van der Waals surface area contributed by atoms with Gasteiger partial charge in [0.25, 0.3) is 5.91 Å². The first-order valence-electron chi connectivity index (χ1n) is 7.28. The maximum Gasteiger partial charge on any atom is 0.273 e. The van der Waals surface area contributed by atoms with Crippen molar-refractivity contribution in [2.75, 3.05) is 7.05 Å². The molecule has 2 aromatic heterocycles. The van der Waals surface area contributed by atoms with E-state index < -0.39 is 0 Å². The minimum absolute atomic E-state index is 0.0801. The highest BCUT2D eigenvalue weighted by Gasteiger charge is 2.16. The zero-order valence-corrected chi connectivity index (χ0v) is 14.2. The summed E-state index contributed by atoms with van der Waals surface area (Å²) in [5, 5.41) is 6.80. The summed E-state index contributed by atoms with van der Waals surface area (Å²) in [6.45, 7) is 2.57. The number of benzene rings is 1. The number of hydrogen-bond acceptors (Lipinski definition) is 4. The van der Waals surface area contributed by atoms with Crippen LogP contribution in [0.25, 0.3) is 10.6 Å². The molecule has 0 spiro atoms. The van der Waals surface area contributed by atoms with Crippen LogP contribution in [-0.4, -0.2) is 32.6 Å². The normalized spacial score (nSPS) is 10.7. The summed E-state index contributed by atoms with van der Waals surface area (Å²) in [6, 6.07) is 8.16. The Bertz CT molecular complexity index is 819. The smallest absolute Gasteiger partial charge is 0.273 e. The molecule has 0 aliphatic rings. The highest BCUT2D eigenvalue weighted by Crippen LogP contribution is 2.24. The van der Waals surface area contributed by atoms with Crippen molar-refractivity contribution in [1.29, 1.82) is 0 Å². The van der Waals surface area contributed by atoms with Gasteiger partial charge in [0.1, 0.15) is 10.7 Å². The van der Waals surface area contributed by atoms with Gasteiger partial charge in [-0.05, 0) is 6.92 Å². The number of amides is 1. The van der Waals surface area contributed by atoms with Crippen molar-refractivity contribution >= 4 is 17.2 Å². The molecule has 0 saturated heterocycles. The van der Waals surface area contributed by atoms with E-state index in [-0.39, 0.29) is 5.91 Å². The summed E-state index contributed by atoms with van der Waals surface area (Å²) in [6.07, 6.45) is 3.67. The van der Waals surface area contributed by atoms with Gasteiger partial charge in [-0.3, -0.25) is 9.48 Å². The monoisotopic (exact) mass is 326 g/mol. The van der Waals surface area contributed by atoms with E-state index in [0.717, 1.165) is 16.1 Å². The number of aromatic nitrogens is 3. The third-order valence-corrected chi connectivity index (χ3v) is 4.44. The molecule has 23 heavy (non-hydrogen) atoms. The fourth-order valence-electron chi connectivity index (χ4n) is 2.30. The first kappa shape index (κ1) is 15.4. The first-order chi connectivity index (χ1) is 11.0. The molecule has 0 bridgehead atoms. The number of carbonyl (C=O) groups excluding carboxylic acids is 1. The molecule has 0 aliphatic carbocycles. The summed E-state index contributed by atoms with van der Waals surface area (Å²) >= 11 is 1.49. The van der Waals surface area contributed by atoms with Gasteiger partial charge in [0, 0.05) is 43.3 Å².